The maximum atomic E-state index is 14.0. The number of nitrogens with one attached hydrogen (secondary N) is 1. The molecule has 14 heteroatoms. The standard InChI is InChI=1S/C38H47NO13/c1-16-11-10-12-17(2)37(48)39-28-23(15-40)32(45)25-26(33(28)46)31(44)21(6)35-27(25)36(47)38(8,52-35)50-14-13-24(49-9)18(3)34(51-22(7)41)20(5)30(43)19(4)29(16)42/h10-16,18-20,24,29-30,34,42-46H,1-9H3,(H,39,48)/b11-10-,14-13-,17-12-/t16-,18+,19+,20+,24-,29-,30+,34+,38-/m0/s1. The first kappa shape index (κ1) is 39.9. The number of anilines is 1. The largest absolute Gasteiger partial charge is 0.507 e. The van der Waals surface area contributed by atoms with Crippen LogP contribution >= 0.6 is 0 Å². The number of rotatable bonds is 3. The zero-order chi connectivity index (χ0) is 39.0. The number of phenols is 3. The van der Waals surface area contributed by atoms with Gasteiger partial charge in [-0.25, -0.2) is 0 Å². The summed E-state index contributed by atoms with van der Waals surface area (Å²) in [7, 11) is 1.41. The highest BCUT2D eigenvalue weighted by Crippen LogP contribution is 2.55. The lowest BCUT2D eigenvalue weighted by molar-refractivity contribution is -0.160. The Bertz CT molecular complexity index is 1860. The number of ketones is 1. The maximum absolute atomic E-state index is 14.0. The molecule has 9 atom stereocenters. The van der Waals surface area contributed by atoms with Crippen molar-refractivity contribution < 1.29 is 63.7 Å². The van der Waals surface area contributed by atoms with Crippen LogP contribution in [-0.2, 0) is 23.8 Å². The van der Waals surface area contributed by atoms with Gasteiger partial charge in [-0.15, -0.1) is 0 Å². The van der Waals surface area contributed by atoms with Gasteiger partial charge in [0.1, 0.15) is 23.4 Å². The average Bonchev–Trinajstić information content (AvgIpc) is 3.36. The van der Waals surface area contributed by atoms with Crippen LogP contribution in [0.4, 0.5) is 5.69 Å². The summed E-state index contributed by atoms with van der Waals surface area (Å²) in [4.78, 5) is 51.8. The molecule has 2 aromatic carbocycles. The number of allylic oxidation sites excluding steroid dienone is 2. The van der Waals surface area contributed by atoms with Gasteiger partial charge in [-0.2, -0.15) is 0 Å². The second-order valence-corrected chi connectivity index (χ2v) is 13.7. The van der Waals surface area contributed by atoms with Crippen molar-refractivity contribution in [1.82, 2.24) is 0 Å². The summed E-state index contributed by atoms with van der Waals surface area (Å²) < 4.78 is 23.1. The van der Waals surface area contributed by atoms with E-state index in [1.54, 1.807) is 33.8 Å². The molecule has 0 spiro atoms. The number of amides is 1. The molecule has 52 heavy (non-hydrogen) atoms. The molecule has 0 aliphatic carbocycles. The SMILES string of the molecule is CO[C@H]1/C=C\O[C@@]2(C)Oc3c(C)c(O)c4c(O)c(c(C=O)c(O)c4c3C2=O)NC(=O)/C(C)=C\C=C/[C@H](C)[C@H](O)[C@@H](C)[C@@H](O)[C@@H](C)[C@H](OC(C)=O)[C@@H]1C. The summed E-state index contributed by atoms with van der Waals surface area (Å²) in [6.45, 7) is 12.2. The number of hydrogen-bond donors (Lipinski definition) is 6. The molecule has 0 saturated carbocycles. The summed E-state index contributed by atoms with van der Waals surface area (Å²) in [6, 6.07) is 0. The van der Waals surface area contributed by atoms with E-state index >= 15 is 0 Å². The van der Waals surface area contributed by atoms with Crippen molar-refractivity contribution in [3.8, 4) is 23.0 Å². The second kappa shape index (κ2) is 15.4. The molecule has 6 N–H and O–H groups in total. The minimum absolute atomic E-state index is 0.00425. The molecule has 2 aromatic rings. The second-order valence-electron chi connectivity index (χ2n) is 13.7. The van der Waals surface area contributed by atoms with Crippen LogP contribution in [0.2, 0.25) is 0 Å². The number of aldehydes is 1. The number of benzene rings is 2. The Kier molecular flexibility index (Phi) is 11.8. The number of fused-ring (bicyclic) bond motifs is 14. The summed E-state index contributed by atoms with van der Waals surface area (Å²) in [5.41, 5.74) is -1.27. The Hall–Kier alpha value is -4.92. The Labute approximate surface area is 301 Å². The molecule has 3 aliphatic rings. The van der Waals surface area contributed by atoms with Crippen molar-refractivity contribution in [2.45, 2.75) is 85.6 Å². The lowest BCUT2D eigenvalue weighted by Crippen LogP contribution is -2.46. The van der Waals surface area contributed by atoms with Gasteiger partial charge in [-0.05, 0) is 19.9 Å². The number of methoxy groups -OCH3 is 1. The number of Topliss-reactive ketones (excluding diaryl/α,β-unsaturated/α-hetero) is 1. The molecule has 0 unspecified atom stereocenters. The molecular weight excluding hydrogens is 678 g/mol. The van der Waals surface area contributed by atoms with E-state index in [1.807, 2.05) is 0 Å². The van der Waals surface area contributed by atoms with Gasteiger partial charge in [-0.1, -0.05) is 45.9 Å². The lowest BCUT2D eigenvalue weighted by atomic mass is 9.78. The summed E-state index contributed by atoms with van der Waals surface area (Å²) in [5, 5.41) is 58.2. The molecule has 0 saturated heterocycles. The average molecular weight is 726 g/mol. The molecule has 282 valence electrons. The van der Waals surface area contributed by atoms with Gasteiger partial charge in [0.25, 0.3) is 11.7 Å². The minimum atomic E-state index is -2.08. The van der Waals surface area contributed by atoms with Crippen LogP contribution in [0.5, 0.6) is 23.0 Å². The number of ether oxygens (including phenoxy) is 4. The quantitative estimate of drug-likeness (QED) is 0.111. The van der Waals surface area contributed by atoms with E-state index in [9.17, 15) is 44.7 Å². The zero-order valence-corrected chi connectivity index (χ0v) is 30.6. The third-order valence-corrected chi connectivity index (χ3v) is 10.2. The predicted molar refractivity (Wildman–Crippen MR) is 189 cm³/mol. The van der Waals surface area contributed by atoms with Crippen LogP contribution in [0.3, 0.4) is 0 Å². The molecule has 14 nitrogen and oxygen atoms in total. The van der Waals surface area contributed by atoms with E-state index in [1.165, 1.54) is 53.0 Å². The Morgan fingerprint density at radius 1 is 0.942 bits per heavy atom. The Balaban J connectivity index is 1.93. The third-order valence-electron chi connectivity index (χ3n) is 10.2. The fraction of sp³-hybridized carbons (Fsp3) is 0.474. The van der Waals surface area contributed by atoms with Crippen LogP contribution in [0.15, 0.2) is 36.1 Å². The third kappa shape index (κ3) is 7.10. The van der Waals surface area contributed by atoms with E-state index in [-0.39, 0.29) is 28.7 Å². The van der Waals surface area contributed by atoms with Gasteiger partial charge in [0, 0.05) is 61.2 Å². The summed E-state index contributed by atoms with van der Waals surface area (Å²) in [6.07, 6.45) is 3.41. The first-order chi connectivity index (χ1) is 24.3. The topological polar surface area (TPSA) is 218 Å². The van der Waals surface area contributed by atoms with Gasteiger partial charge in [0.05, 0.1) is 46.8 Å². The van der Waals surface area contributed by atoms with Gasteiger partial charge in [-0.3, -0.25) is 19.2 Å². The number of phenolic OH excluding ortho intramolecular Hbond substituents is 3. The molecule has 0 fully saturated rings. The Morgan fingerprint density at radius 3 is 2.19 bits per heavy atom. The van der Waals surface area contributed by atoms with E-state index in [0.717, 1.165) is 6.26 Å². The van der Waals surface area contributed by atoms with Crippen molar-refractivity contribution >= 4 is 40.4 Å². The molecule has 5 bridgehead atoms. The number of aliphatic hydroxyl groups is 2. The highest BCUT2D eigenvalue weighted by atomic mass is 16.7. The number of hydrogen-bond acceptors (Lipinski definition) is 13. The first-order valence-electron chi connectivity index (χ1n) is 16.9. The first-order valence-corrected chi connectivity index (χ1v) is 16.9. The molecule has 0 radical (unpaired) electrons. The number of carbonyl (C=O) groups is 4. The highest BCUT2D eigenvalue weighted by molar-refractivity contribution is 6.23. The smallest absolute Gasteiger partial charge is 0.312 e. The number of aliphatic hydroxyl groups excluding tert-OH is 2. The maximum Gasteiger partial charge on any atom is 0.312 e. The van der Waals surface area contributed by atoms with Crippen molar-refractivity contribution in [2.75, 3.05) is 12.4 Å². The van der Waals surface area contributed by atoms with Gasteiger partial charge in [0.15, 0.2) is 12.0 Å². The number of aromatic hydroxyl groups is 3. The molecular formula is C38H47NO13. The van der Waals surface area contributed by atoms with Crippen molar-refractivity contribution in [3.05, 3.63) is 52.8 Å². The van der Waals surface area contributed by atoms with Crippen molar-refractivity contribution in [3.63, 3.8) is 0 Å². The van der Waals surface area contributed by atoms with E-state index in [2.05, 4.69) is 5.32 Å². The highest BCUT2D eigenvalue weighted by Gasteiger charge is 2.50. The Morgan fingerprint density at radius 2 is 1.60 bits per heavy atom. The monoisotopic (exact) mass is 725 g/mol. The number of carbonyl (C=O) groups excluding carboxylic acids is 4. The molecule has 0 aromatic heterocycles. The van der Waals surface area contributed by atoms with E-state index in [4.69, 9.17) is 18.9 Å². The van der Waals surface area contributed by atoms with Crippen molar-refractivity contribution in [2.24, 2.45) is 23.7 Å². The lowest BCUT2D eigenvalue weighted by Gasteiger charge is -2.38. The van der Waals surface area contributed by atoms with E-state index in [0.29, 0.717) is 0 Å². The minimum Gasteiger partial charge on any atom is -0.507 e. The van der Waals surface area contributed by atoms with Crippen LogP contribution < -0.4 is 10.1 Å². The predicted octanol–water partition coefficient (Wildman–Crippen LogP) is 4.57. The zero-order valence-electron chi connectivity index (χ0n) is 30.6. The van der Waals surface area contributed by atoms with Crippen LogP contribution in [0, 0.1) is 30.6 Å². The van der Waals surface area contributed by atoms with Crippen LogP contribution in [-0.4, -0.2) is 86.8 Å². The van der Waals surface area contributed by atoms with Gasteiger partial charge < -0.3 is 49.8 Å². The fourth-order valence-electron chi connectivity index (χ4n) is 6.86. The van der Waals surface area contributed by atoms with Gasteiger partial charge in [0.2, 0.25) is 0 Å². The normalized spacial score (nSPS) is 32.3. The fourth-order valence-corrected chi connectivity index (χ4v) is 6.86. The molecule has 5 rings (SSSR count). The van der Waals surface area contributed by atoms with Crippen LogP contribution in [0.25, 0.3) is 10.8 Å². The van der Waals surface area contributed by atoms with E-state index < -0.39 is 111 Å². The summed E-state index contributed by atoms with van der Waals surface area (Å²) >= 11 is 0. The molecule has 3 heterocycles. The summed E-state index contributed by atoms with van der Waals surface area (Å²) in [5.74, 6) is -9.19. The number of esters is 1. The van der Waals surface area contributed by atoms with Crippen molar-refractivity contribution in [1.29, 1.82) is 0 Å². The van der Waals surface area contributed by atoms with Gasteiger partial charge >= 0.3 is 11.8 Å². The van der Waals surface area contributed by atoms with Crippen LogP contribution in [0.1, 0.15) is 74.7 Å². The molecule has 1 amide bonds. The molecule has 3 aliphatic heterocycles.